The van der Waals surface area contributed by atoms with Crippen molar-refractivity contribution >= 4 is 0 Å². The quantitative estimate of drug-likeness (QED) is 0.741. The summed E-state index contributed by atoms with van der Waals surface area (Å²) in [5.74, 6) is 0. The smallest absolute Gasteiger partial charge is 0.0948 e. The molecule has 96 valence electrons. The van der Waals surface area contributed by atoms with Crippen LogP contribution in [0.3, 0.4) is 0 Å². The molecule has 0 amide bonds. The molecule has 17 heavy (non-hydrogen) atoms. The Hall–Kier alpha value is -0.900. The Kier molecular flexibility index (Phi) is 6.19. The minimum Gasteiger partial charge on any atom is -0.376 e. The van der Waals surface area contributed by atoms with Gasteiger partial charge in [-0.05, 0) is 26.3 Å². The molecule has 0 aromatic heterocycles. The fraction of sp³-hybridized carbons (Fsp3) is 0.571. The van der Waals surface area contributed by atoms with Crippen molar-refractivity contribution < 1.29 is 9.47 Å². The normalized spacial score (nSPS) is 13.0. The zero-order valence-electron chi connectivity index (χ0n) is 11.0. The van der Waals surface area contributed by atoms with E-state index in [2.05, 4.69) is 31.2 Å². The molecule has 0 saturated heterocycles. The third-order valence-electron chi connectivity index (χ3n) is 2.52. The van der Waals surface area contributed by atoms with Crippen LogP contribution in [0, 0.1) is 6.92 Å². The van der Waals surface area contributed by atoms with Crippen molar-refractivity contribution in [2.75, 3.05) is 19.8 Å². The molecule has 0 heterocycles. The van der Waals surface area contributed by atoms with Crippen molar-refractivity contribution in [2.45, 2.75) is 33.0 Å². The molecule has 0 bridgehead atoms. The van der Waals surface area contributed by atoms with Crippen LogP contribution in [0.2, 0.25) is 0 Å². The van der Waals surface area contributed by atoms with E-state index in [0.29, 0.717) is 19.8 Å². The number of rotatable bonds is 7. The molecule has 2 N–H and O–H groups in total. The van der Waals surface area contributed by atoms with Crippen molar-refractivity contribution in [1.82, 2.24) is 0 Å². The van der Waals surface area contributed by atoms with Gasteiger partial charge in [-0.1, -0.05) is 29.8 Å². The molecule has 3 heteroatoms. The van der Waals surface area contributed by atoms with Crippen molar-refractivity contribution in [2.24, 2.45) is 5.73 Å². The lowest BCUT2D eigenvalue weighted by Crippen LogP contribution is -2.19. The van der Waals surface area contributed by atoms with Crippen LogP contribution in [0.5, 0.6) is 0 Å². The zero-order chi connectivity index (χ0) is 12.7. The highest BCUT2D eigenvalue weighted by atomic mass is 16.5. The molecule has 1 aromatic carbocycles. The average Bonchev–Trinajstić information content (AvgIpc) is 2.30. The Morgan fingerprint density at radius 2 is 1.65 bits per heavy atom. The lowest BCUT2D eigenvalue weighted by Gasteiger charge is -2.17. The number of nitrogens with two attached hydrogens (primary N) is 1. The van der Waals surface area contributed by atoms with Crippen LogP contribution in [-0.4, -0.2) is 25.9 Å². The van der Waals surface area contributed by atoms with Gasteiger partial charge in [-0.25, -0.2) is 0 Å². The van der Waals surface area contributed by atoms with Gasteiger partial charge < -0.3 is 15.2 Å². The number of benzene rings is 1. The first kappa shape index (κ1) is 14.2. The fourth-order valence-electron chi connectivity index (χ4n) is 1.56. The Labute approximate surface area is 104 Å². The van der Waals surface area contributed by atoms with Gasteiger partial charge in [0.05, 0.1) is 25.4 Å². The van der Waals surface area contributed by atoms with Gasteiger partial charge in [-0.15, -0.1) is 0 Å². The van der Waals surface area contributed by atoms with Gasteiger partial charge in [0.25, 0.3) is 0 Å². The van der Waals surface area contributed by atoms with Crippen LogP contribution in [-0.2, 0) is 9.47 Å². The average molecular weight is 237 g/mol. The van der Waals surface area contributed by atoms with Crippen LogP contribution >= 0.6 is 0 Å². The van der Waals surface area contributed by atoms with Gasteiger partial charge in [-0.3, -0.25) is 0 Å². The van der Waals surface area contributed by atoms with Crippen molar-refractivity contribution in [1.29, 1.82) is 0 Å². The molecule has 0 fully saturated rings. The largest absolute Gasteiger partial charge is 0.376 e. The topological polar surface area (TPSA) is 44.5 Å². The van der Waals surface area contributed by atoms with Gasteiger partial charge in [0.1, 0.15) is 0 Å². The highest BCUT2D eigenvalue weighted by molar-refractivity contribution is 5.23. The third kappa shape index (κ3) is 5.31. The number of aryl methyl sites for hydroxylation is 1. The van der Waals surface area contributed by atoms with E-state index >= 15 is 0 Å². The van der Waals surface area contributed by atoms with E-state index in [1.54, 1.807) is 0 Å². The molecule has 0 aliphatic rings. The van der Waals surface area contributed by atoms with Gasteiger partial charge in [0.15, 0.2) is 0 Å². The summed E-state index contributed by atoms with van der Waals surface area (Å²) in [7, 11) is 0. The van der Waals surface area contributed by atoms with E-state index in [1.807, 2.05) is 13.8 Å². The van der Waals surface area contributed by atoms with Gasteiger partial charge in [-0.2, -0.15) is 0 Å². The van der Waals surface area contributed by atoms with Gasteiger partial charge in [0.2, 0.25) is 0 Å². The predicted octanol–water partition coefficient (Wildman–Crippen LogP) is 2.44. The summed E-state index contributed by atoms with van der Waals surface area (Å²) in [6, 6.07) is 8.28. The molecule has 1 atom stereocenters. The Morgan fingerprint density at radius 3 is 2.18 bits per heavy atom. The Morgan fingerprint density at radius 1 is 1.06 bits per heavy atom. The van der Waals surface area contributed by atoms with Crippen LogP contribution in [0.1, 0.15) is 31.1 Å². The van der Waals surface area contributed by atoms with Crippen molar-refractivity contribution in [3.8, 4) is 0 Å². The SMILES string of the molecule is Cc1ccc(C(CN)OCCOC(C)C)cc1. The summed E-state index contributed by atoms with van der Waals surface area (Å²) in [4.78, 5) is 0. The first-order valence-corrected chi connectivity index (χ1v) is 6.13. The molecule has 1 rings (SSSR count). The van der Waals surface area contributed by atoms with E-state index in [4.69, 9.17) is 15.2 Å². The second kappa shape index (κ2) is 7.43. The zero-order valence-corrected chi connectivity index (χ0v) is 11.0. The van der Waals surface area contributed by atoms with E-state index in [0.717, 1.165) is 5.56 Å². The summed E-state index contributed by atoms with van der Waals surface area (Å²) in [5, 5.41) is 0. The maximum Gasteiger partial charge on any atom is 0.0948 e. The predicted molar refractivity (Wildman–Crippen MR) is 70.0 cm³/mol. The number of hydrogen-bond acceptors (Lipinski definition) is 3. The van der Waals surface area contributed by atoms with Crippen molar-refractivity contribution in [3.63, 3.8) is 0 Å². The molecule has 0 aliphatic heterocycles. The highest BCUT2D eigenvalue weighted by Gasteiger charge is 2.09. The summed E-state index contributed by atoms with van der Waals surface area (Å²) in [6.07, 6.45) is 0.209. The molecular weight excluding hydrogens is 214 g/mol. The molecule has 1 aromatic rings. The summed E-state index contributed by atoms with van der Waals surface area (Å²) in [5.41, 5.74) is 8.09. The van der Waals surface area contributed by atoms with E-state index in [-0.39, 0.29) is 12.2 Å². The minimum atomic E-state index is -0.0358. The molecule has 1 unspecified atom stereocenters. The minimum absolute atomic E-state index is 0.0358. The Bertz CT molecular complexity index is 309. The lowest BCUT2D eigenvalue weighted by atomic mass is 10.1. The van der Waals surface area contributed by atoms with Crippen LogP contribution in [0.4, 0.5) is 0 Å². The second-order valence-electron chi connectivity index (χ2n) is 4.43. The van der Waals surface area contributed by atoms with Crippen molar-refractivity contribution in [3.05, 3.63) is 35.4 Å². The van der Waals surface area contributed by atoms with Gasteiger partial charge >= 0.3 is 0 Å². The molecule has 0 radical (unpaired) electrons. The third-order valence-corrected chi connectivity index (χ3v) is 2.52. The maximum absolute atomic E-state index is 5.72. The highest BCUT2D eigenvalue weighted by Crippen LogP contribution is 2.16. The molecule has 0 spiro atoms. The van der Waals surface area contributed by atoms with E-state index in [1.165, 1.54) is 5.56 Å². The summed E-state index contributed by atoms with van der Waals surface area (Å²) < 4.78 is 11.1. The first-order valence-electron chi connectivity index (χ1n) is 6.13. The van der Waals surface area contributed by atoms with Crippen LogP contribution in [0.25, 0.3) is 0 Å². The molecule has 0 aliphatic carbocycles. The Balaban J connectivity index is 2.40. The van der Waals surface area contributed by atoms with E-state index < -0.39 is 0 Å². The van der Waals surface area contributed by atoms with E-state index in [9.17, 15) is 0 Å². The second-order valence-corrected chi connectivity index (χ2v) is 4.43. The maximum atomic E-state index is 5.72. The molecule has 3 nitrogen and oxygen atoms in total. The van der Waals surface area contributed by atoms with Gasteiger partial charge in [0, 0.05) is 6.54 Å². The monoisotopic (exact) mass is 237 g/mol. The lowest BCUT2D eigenvalue weighted by molar-refractivity contribution is -0.0104. The van der Waals surface area contributed by atoms with Crippen LogP contribution < -0.4 is 5.73 Å². The number of hydrogen-bond donors (Lipinski definition) is 1. The fourth-order valence-corrected chi connectivity index (χ4v) is 1.56. The first-order chi connectivity index (χ1) is 8.13. The number of ether oxygens (including phenoxy) is 2. The summed E-state index contributed by atoms with van der Waals surface area (Å²) >= 11 is 0. The molecule has 0 saturated carbocycles. The van der Waals surface area contributed by atoms with Crippen LogP contribution in [0.15, 0.2) is 24.3 Å². The molecular formula is C14H23NO2. The summed E-state index contributed by atoms with van der Waals surface area (Å²) in [6.45, 7) is 7.78. The standard InChI is InChI=1S/C14H23NO2/c1-11(2)16-8-9-17-14(10-15)13-6-4-12(3)5-7-13/h4-7,11,14H,8-10,15H2,1-3H3.